The lowest BCUT2D eigenvalue weighted by Gasteiger charge is -1.94. The van der Waals surface area contributed by atoms with Gasteiger partial charge in [-0.25, -0.2) is 0 Å². The van der Waals surface area contributed by atoms with Gasteiger partial charge in [0.1, 0.15) is 5.40 Å². The number of thiocyanates is 1. The van der Waals surface area contributed by atoms with E-state index in [2.05, 4.69) is 0 Å². The minimum absolute atomic E-state index is 0.806. The normalized spacial score (nSPS) is 9.00. The van der Waals surface area contributed by atoms with Crippen LogP contribution in [0.1, 0.15) is 0 Å². The van der Waals surface area contributed by atoms with Crippen LogP contribution in [0.5, 0.6) is 0 Å². The molecule has 0 atom stereocenters. The van der Waals surface area contributed by atoms with Crippen molar-refractivity contribution >= 4 is 23.5 Å². The maximum atomic E-state index is 8.24. The van der Waals surface area contributed by atoms with E-state index in [0.29, 0.717) is 0 Å². The Morgan fingerprint density at radius 3 is 2.64 bits per heavy atom. The van der Waals surface area contributed by atoms with Crippen molar-refractivity contribution < 1.29 is 0 Å². The highest BCUT2D eigenvalue weighted by Gasteiger charge is 1.90. The lowest BCUT2D eigenvalue weighted by Crippen LogP contribution is -1.69. The van der Waals surface area contributed by atoms with Crippen molar-refractivity contribution in [3.8, 4) is 5.40 Å². The molecule has 11 heavy (non-hydrogen) atoms. The third kappa shape index (κ3) is 3.35. The highest BCUT2D eigenvalue weighted by atomic mass is 32.2. The Balaban J connectivity index is 2.35. The van der Waals surface area contributed by atoms with Gasteiger partial charge in [0.15, 0.2) is 0 Å². The molecule has 0 N–H and O–H groups in total. The monoisotopic (exact) mass is 181 g/mol. The fraction of sp³-hybridized carbons (Fsp3) is 0.125. The molecule has 56 valence electrons. The van der Waals surface area contributed by atoms with Crippen molar-refractivity contribution in [3.05, 3.63) is 30.3 Å². The molecule has 0 spiro atoms. The van der Waals surface area contributed by atoms with Gasteiger partial charge in [-0.2, -0.15) is 5.26 Å². The van der Waals surface area contributed by atoms with Gasteiger partial charge in [0.25, 0.3) is 0 Å². The molecule has 1 aromatic carbocycles. The van der Waals surface area contributed by atoms with Crippen molar-refractivity contribution in [1.29, 1.82) is 5.26 Å². The van der Waals surface area contributed by atoms with E-state index in [4.69, 9.17) is 5.26 Å². The second kappa shape index (κ2) is 5.11. The van der Waals surface area contributed by atoms with Gasteiger partial charge in [-0.05, 0) is 23.9 Å². The summed E-state index contributed by atoms with van der Waals surface area (Å²) >= 11 is 2.96. The molecule has 0 saturated carbocycles. The molecule has 0 amide bonds. The summed E-state index contributed by atoms with van der Waals surface area (Å²) in [6, 6.07) is 10.1. The van der Waals surface area contributed by atoms with Crippen LogP contribution < -0.4 is 0 Å². The predicted octanol–water partition coefficient (Wildman–Crippen LogP) is 2.95. The summed E-state index contributed by atoms with van der Waals surface area (Å²) in [5, 5.41) is 11.1. The Morgan fingerprint density at radius 1 is 1.27 bits per heavy atom. The molecule has 3 heteroatoms. The van der Waals surface area contributed by atoms with E-state index < -0.39 is 0 Å². The van der Waals surface area contributed by atoms with Gasteiger partial charge >= 0.3 is 0 Å². The molecular weight excluding hydrogens is 174 g/mol. The van der Waals surface area contributed by atoms with Crippen molar-refractivity contribution in [3.63, 3.8) is 0 Å². The van der Waals surface area contributed by atoms with Gasteiger partial charge in [-0.15, -0.1) is 11.8 Å². The molecule has 0 aromatic heterocycles. The van der Waals surface area contributed by atoms with Crippen LogP contribution in [0.3, 0.4) is 0 Å². The number of benzene rings is 1. The summed E-state index contributed by atoms with van der Waals surface area (Å²) in [7, 11) is 0. The molecule has 0 unspecified atom stereocenters. The Labute approximate surface area is 74.8 Å². The zero-order valence-corrected chi connectivity index (χ0v) is 7.49. The standard InChI is InChI=1S/C8H7NS2/c9-6-10-7-11-8-4-2-1-3-5-8/h1-5H,7H2. The van der Waals surface area contributed by atoms with Gasteiger partial charge < -0.3 is 0 Å². The van der Waals surface area contributed by atoms with Gasteiger partial charge in [-0.1, -0.05) is 18.2 Å². The molecule has 1 rings (SSSR count). The molecular formula is C8H7NS2. The number of nitriles is 1. The fourth-order valence-electron chi connectivity index (χ4n) is 0.641. The quantitative estimate of drug-likeness (QED) is 0.310. The molecule has 1 aromatic rings. The number of rotatable bonds is 3. The Kier molecular flexibility index (Phi) is 3.95. The summed E-state index contributed by atoms with van der Waals surface area (Å²) in [5.74, 6) is 0. The third-order valence-corrected chi connectivity index (χ3v) is 2.77. The predicted molar refractivity (Wildman–Crippen MR) is 50.4 cm³/mol. The Hall–Kier alpha value is -0.590. The smallest absolute Gasteiger partial charge is 0.134 e. The summed E-state index contributed by atoms with van der Waals surface area (Å²) in [5.41, 5.74) is 0. The molecule has 0 bridgehead atoms. The van der Waals surface area contributed by atoms with Crippen LogP contribution in [0, 0.1) is 10.7 Å². The lowest BCUT2D eigenvalue weighted by molar-refractivity contribution is 1.47. The van der Waals surface area contributed by atoms with Crippen molar-refractivity contribution in [2.24, 2.45) is 0 Å². The SMILES string of the molecule is N#CSCSc1ccccc1. The molecule has 0 saturated heterocycles. The number of nitrogens with zero attached hydrogens (tertiary/aromatic N) is 1. The minimum Gasteiger partial charge on any atom is -0.185 e. The highest BCUT2D eigenvalue weighted by molar-refractivity contribution is 8.18. The molecule has 0 radical (unpaired) electrons. The molecule has 0 fully saturated rings. The average Bonchev–Trinajstić information content (AvgIpc) is 2.07. The second-order valence-corrected chi connectivity index (χ2v) is 3.99. The summed E-state index contributed by atoms with van der Waals surface area (Å²) in [6.07, 6.45) is 0. The Morgan fingerprint density at radius 2 is 2.00 bits per heavy atom. The molecule has 0 heterocycles. The maximum absolute atomic E-state index is 8.24. The van der Waals surface area contributed by atoms with E-state index in [1.54, 1.807) is 11.8 Å². The molecule has 1 nitrogen and oxygen atoms in total. The van der Waals surface area contributed by atoms with Crippen LogP contribution in [-0.2, 0) is 0 Å². The molecule has 0 aliphatic carbocycles. The van der Waals surface area contributed by atoms with Gasteiger partial charge in [0, 0.05) is 4.90 Å². The zero-order chi connectivity index (χ0) is 7.94. The minimum atomic E-state index is 0.806. The summed E-state index contributed by atoms with van der Waals surface area (Å²) < 4.78 is 0. The van der Waals surface area contributed by atoms with Crippen LogP contribution in [0.15, 0.2) is 35.2 Å². The second-order valence-electron chi connectivity index (χ2n) is 1.81. The van der Waals surface area contributed by atoms with Crippen LogP contribution in [0.25, 0.3) is 0 Å². The van der Waals surface area contributed by atoms with Crippen molar-refractivity contribution in [2.75, 3.05) is 5.08 Å². The van der Waals surface area contributed by atoms with Crippen LogP contribution in [0.2, 0.25) is 0 Å². The first-order chi connectivity index (χ1) is 5.43. The highest BCUT2D eigenvalue weighted by Crippen LogP contribution is 2.20. The van der Waals surface area contributed by atoms with E-state index in [1.807, 2.05) is 35.7 Å². The first-order valence-corrected chi connectivity index (χ1v) is 5.09. The summed E-state index contributed by atoms with van der Waals surface area (Å²) in [4.78, 5) is 1.22. The number of thioether (sulfide) groups is 2. The van der Waals surface area contributed by atoms with Crippen LogP contribution in [-0.4, -0.2) is 5.08 Å². The maximum Gasteiger partial charge on any atom is 0.134 e. The van der Waals surface area contributed by atoms with Crippen molar-refractivity contribution in [1.82, 2.24) is 0 Å². The molecule has 0 aliphatic heterocycles. The van der Waals surface area contributed by atoms with Crippen LogP contribution >= 0.6 is 23.5 Å². The number of hydrogen-bond donors (Lipinski definition) is 0. The average molecular weight is 181 g/mol. The number of hydrogen-bond acceptors (Lipinski definition) is 3. The Bertz CT molecular complexity index is 240. The topological polar surface area (TPSA) is 23.8 Å². The van der Waals surface area contributed by atoms with Gasteiger partial charge in [0.05, 0.1) is 5.08 Å². The lowest BCUT2D eigenvalue weighted by atomic mass is 10.4. The van der Waals surface area contributed by atoms with E-state index in [0.717, 1.165) is 5.08 Å². The van der Waals surface area contributed by atoms with Crippen LogP contribution in [0.4, 0.5) is 0 Å². The third-order valence-electron chi connectivity index (χ3n) is 1.09. The molecule has 0 aliphatic rings. The van der Waals surface area contributed by atoms with E-state index >= 15 is 0 Å². The fourth-order valence-corrected chi connectivity index (χ4v) is 1.98. The zero-order valence-electron chi connectivity index (χ0n) is 5.86. The van der Waals surface area contributed by atoms with E-state index in [-0.39, 0.29) is 0 Å². The largest absolute Gasteiger partial charge is 0.185 e. The van der Waals surface area contributed by atoms with E-state index in [1.165, 1.54) is 16.7 Å². The van der Waals surface area contributed by atoms with E-state index in [9.17, 15) is 0 Å². The first-order valence-electron chi connectivity index (χ1n) is 3.12. The first kappa shape index (κ1) is 8.51. The van der Waals surface area contributed by atoms with Crippen molar-refractivity contribution in [2.45, 2.75) is 4.90 Å². The van der Waals surface area contributed by atoms with Gasteiger partial charge in [-0.3, -0.25) is 0 Å². The van der Waals surface area contributed by atoms with Gasteiger partial charge in [0.2, 0.25) is 0 Å². The summed E-state index contributed by atoms with van der Waals surface area (Å²) in [6.45, 7) is 0.